The van der Waals surface area contributed by atoms with Gasteiger partial charge in [-0.15, -0.1) is 0 Å². The monoisotopic (exact) mass is 420 g/mol. The molecule has 0 fully saturated rings. The first kappa shape index (κ1) is 21.0. The van der Waals surface area contributed by atoms with E-state index in [1.165, 1.54) is 0 Å². The maximum absolute atomic E-state index is 13.2. The SMILES string of the molecule is Cc1nc(=O)[nH]c(C)c1CCC(=O)N1CCn2nc(-c3ccccc3)nc2[C@@H]1C(C)C. The highest BCUT2D eigenvalue weighted by atomic mass is 16.2. The topological polar surface area (TPSA) is 96.8 Å². The van der Waals surface area contributed by atoms with Gasteiger partial charge in [-0.05, 0) is 31.7 Å². The van der Waals surface area contributed by atoms with E-state index in [9.17, 15) is 9.59 Å². The van der Waals surface area contributed by atoms with Crippen LogP contribution in [-0.2, 0) is 17.8 Å². The minimum Gasteiger partial charge on any atom is -0.330 e. The fraction of sp³-hybridized carbons (Fsp3) is 0.435. The lowest BCUT2D eigenvalue weighted by Gasteiger charge is -2.37. The Balaban J connectivity index is 1.56. The fourth-order valence-electron chi connectivity index (χ4n) is 4.36. The highest BCUT2D eigenvalue weighted by Gasteiger charge is 2.35. The van der Waals surface area contributed by atoms with Crippen molar-refractivity contribution in [2.75, 3.05) is 6.54 Å². The molecule has 4 rings (SSSR count). The van der Waals surface area contributed by atoms with Gasteiger partial charge in [-0.2, -0.15) is 10.1 Å². The number of aromatic amines is 1. The van der Waals surface area contributed by atoms with Crippen LogP contribution in [0.15, 0.2) is 35.1 Å². The molecule has 0 aliphatic carbocycles. The first-order chi connectivity index (χ1) is 14.8. The number of fused-ring (bicyclic) bond motifs is 1. The summed E-state index contributed by atoms with van der Waals surface area (Å²) in [6.45, 7) is 9.11. The smallest absolute Gasteiger partial charge is 0.330 e. The number of aryl methyl sites for hydroxylation is 2. The van der Waals surface area contributed by atoms with Crippen molar-refractivity contribution >= 4 is 5.91 Å². The Bertz CT molecular complexity index is 1120. The molecule has 1 aliphatic heterocycles. The van der Waals surface area contributed by atoms with Gasteiger partial charge in [-0.3, -0.25) is 4.79 Å². The van der Waals surface area contributed by atoms with Gasteiger partial charge in [0.1, 0.15) is 0 Å². The van der Waals surface area contributed by atoms with Crippen molar-refractivity contribution in [1.82, 2.24) is 29.6 Å². The van der Waals surface area contributed by atoms with Crippen LogP contribution in [0.5, 0.6) is 0 Å². The van der Waals surface area contributed by atoms with E-state index in [4.69, 9.17) is 10.1 Å². The van der Waals surface area contributed by atoms with Crippen LogP contribution in [0.3, 0.4) is 0 Å². The molecule has 31 heavy (non-hydrogen) atoms. The summed E-state index contributed by atoms with van der Waals surface area (Å²) in [7, 11) is 0. The molecule has 2 aromatic heterocycles. The summed E-state index contributed by atoms with van der Waals surface area (Å²) < 4.78 is 1.94. The molecule has 0 saturated carbocycles. The second-order valence-corrected chi connectivity index (χ2v) is 8.39. The number of benzene rings is 1. The third-order valence-electron chi connectivity index (χ3n) is 5.88. The lowest BCUT2D eigenvalue weighted by Crippen LogP contribution is -2.44. The first-order valence-corrected chi connectivity index (χ1v) is 10.7. The second-order valence-electron chi connectivity index (χ2n) is 8.39. The summed E-state index contributed by atoms with van der Waals surface area (Å²) in [6.07, 6.45) is 0.905. The van der Waals surface area contributed by atoms with Crippen LogP contribution in [0, 0.1) is 19.8 Å². The van der Waals surface area contributed by atoms with Gasteiger partial charge < -0.3 is 9.88 Å². The summed E-state index contributed by atoms with van der Waals surface area (Å²) in [6, 6.07) is 9.79. The second kappa shape index (κ2) is 8.45. The molecule has 162 valence electrons. The molecule has 1 amide bonds. The molecule has 3 aromatic rings. The zero-order chi connectivity index (χ0) is 22.1. The standard InChI is InChI=1S/C23H28N6O2/c1-14(2)20-22-26-21(17-8-6-5-7-9-17)27-29(22)13-12-28(20)19(30)11-10-18-15(3)24-23(31)25-16(18)4/h5-9,14,20H,10-13H2,1-4H3,(H,24,25,31)/t20-/m0/s1. The lowest BCUT2D eigenvalue weighted by molar-refractivity contribution is -0.136. The number of H-pyrrole nitrogens is 1. The molecule has 1 aromatic carbocycles. The van der Waals surface area contributed by atoms with Gasteiger partial charge in [-0.25, -0.2) is 14.5 Å². The summed E-state index contributed by atoms with van der Waals surface area (Å²) in [4.78, 5) is 38.2. The van der Waals surface area contributed by atoms with Crippen molar-refractivity contribution in [2.45, 2.75) is 53.1 Å². The number of nitrogens with one attached hydrogen (secondary N) is 1. The van der Waals surface area contributed by atoms with Crippen molar-refractivity contribution in [3.63, 3.8) is 0 Å². The van der Waals surface area contributed by atoms with Crippen molar-refractivity contribution in [3.05, 3.63) is 63.6 Å². The predicted octanol–water partition coefficient (Wildman–Crippen LogP) is 2.82. The van der Waals surface area contributed by atoms with Gasteiger partial charge in [0, 0.05) is 29.9 Å². The van der Waals surface area contributed by atoms with E-state index in [2.05, 4.69) is 23.8 Å². The minimum atomic E-state index is -0.352. The molecule has 0 saturated heterocycles. The van der Waals surface area contributed by atoms with Crippen molar-refractivity contribution in [3.8, 4) is 11.4 Å². The molecule has 1 N–H and O–H groups in total. The number of carbonyl (C=O) groups excluding carboxylic acids is 1. The van der Waals surface area contributed by atoms with Gasteiger partial charge in [0.25, 0.3) is 0 Å². The van der Waals surface area contributed by atoms with Crippen LogP contribution in [-0.4, -0.2) is 42.1 Å². The van der Waals surface area contributed by atoms with Gasteiger partial charge in [0.15, 0.2) is 11.6 Å². The first-order valence-electron chi connectivity index (χ1n) is 10.7. The number of aromatic nitrogens is 5. The molecule has 1 aliphatic rings. The fourth-order valence-corrected chi connectivity index (χ4v) is 4.36. The van der Waals surface area contributed by atoms with E-state index >= 15 is 0 Å². The van der Waals surface area contributed by atoms with Crippen molar-refractivity contribution < 1.29 is 4.79 Å². The third kappa shape index (κ3) is 4.15. The van der Waals surface area contributed by atoms with Crippen LogP contribution >= 0.6 is 0 Å². The molecule has 0 unspecified atom stereocenters. The molecule has 0 bridgehead atoms. The van der Waals surface area contributed by atoms with Gasteiger partial charge >= 0.3 is 5.69 Å². The molecule has 0 spiro atoms. The van der Waals surface area contributed by atoms with Gasteiger partial charge in [-0.1, -0.05) is 44.2 Å². The Labute approximate surface area is 181 Å². The Kier molecular flexibility index (Phi) is 5.71. The van der Waals surface area contributed by atoms with Crippen molar-refractivity contribution in [1.29, 1.82) is 0 Å². The Morgan fingerprint density at radius 1 is 1.16 bits per heavy atom. The molecule has 1 atom stereocenters. The molecule has 8 nitrogen and oxygen atoms in total. The quantitative estimate of drug-likeness (QED) is 0.685. The summed E-state index contributed by atoms with van der Waals surface area (Å²) in [5.41, 5.74) is 3.01. The predicted molar refractivity (Wildman–Crippen MR) is 117 cm³/mol. The number of rotatable bonds is 5. The van der Waals surface area contributed by atoms with Crippen LogP contribution in [0.4, 0.5) is 0 Å². The number of nitrogens with zero attached hydrogens (tertiary/aromatic N) is 5. The van der Waals surface area contributed by atoms with Crippen LogP contribution in [0.1, 0.15) is 49.1 Å². The normalized spacial score (nSPS) is 15.9. The van der Waals surface area contributed by atoms with E-state index in [1.807, 2.05) is 53.8 Å². The molecule has 8 heteroatoms. The average Bonchev–Trinajstić information content (AvgIpc) is 3.16. The van der Waals surface area contributed by atoms with E-state index < -0.39 is 0 Å². The Morgan fingerprint density at radius 2 is 1.90 bits per heavy atom. The van der Waals surface area contributed by atoms with E-state index in [1.54, 1.807) is 0 Å². The van der Waals surface area contributed by atoms with E-state index in [0.29, 0.717) is 37.4 Å². The number of hydrogen-bond acceptors (Lipinski definition) is 5. The summed E-state index contributed by atoms with van der Waals surface area (Å²) in [5.74, 6) is 1.82. The van der Waals surface area contributed by atoms with Crippen LogP contribution in [0.25, 0.3) is 11.4 Å². The lowest BCUT2D eigenvalue weighted by atomic mass is 9.98. The maximum Gasteiger partial charge on any atom is 0.345 e. The molecule has 3 heterocycles. The average molecular weight is 421 g/mol. The Hall–Kier alpha value is -3.29. The molecular weight excluding hydrogens is 392 g/mol. The van der Waals surface area contributed by atoms with E-state index in [-0.39, 0.29) is 23.6 Å². The van der Waals surface area contributed by atoms with Gasteiger partial charge in [0.05, 0.1) is 12.6 Å². The summed E-state index contributed by atoms with van der Waals surface area (Å²) in [5, 5.41) is 4.70. The van der Waals surface area contributed by atoms with Crippen LogP contribution in [0.2, 0.25) is 0 Å². The van der Waals surface area contributed by atoms with Gasteiger partial charge in [0.2, 0.25) is 5.91 Å². The molecular formula is C23H28N6O2. The Morgan fingerprint density at radius 3 is 2.58 bits per heavy atom. The minimum absolute atomic E-state index is 0.0826. The maximum atomic E-state index is 13.2. The third-order valence-corrected chi connectivity index (χ3v) is 5.88. The summed E-state index contributed by atoms with van der Waals surface area (Å²) >= 11 is 0. The highest BCUT2D eigenvalue weighted by Crippen LogP contribution is 2.33. The number of carbonyl (C=O) groups is 1. The number of amides is 1. The van der Waals surface area contributed by atoms with Crippen molar-refractivity contribution in [2.24, 2.45) is 5.92 Å². The van der Waals surface area contributed by atoms with Crippen LogP contribution < -0.4 is 5.69 Å². The number of hydrogen-bond donors (Lipinski definition) is 1. The zero-order valence-corrected chi connectivity index (χ0v) is 18.4. The molecule has 0 radical (unpaired) electrons. The highest BCUT2D eigenvalue weighted by molar-refractivity contribution is 5.77. The largest absolute Gasteiger partial charge is 0.345 e. The zero-order valence-electron chi connectivity index (χ0n) is 18.4. The van der Waals surface area contributed by atoms with E-state index in [0.717, 1.165) is 22.6 Å².